The lowest BCUT2D eigenvalue weighted by Crippen LogP contribution is -2.20. The molecule has 1 aliphatic rings. The van der Waals surface area contributed by atoms with E-state index >= 15 is 0 Å². The normalized spacial score (nSPS) is 13.6. The van der Waals surface area contributed by atoms with Gasteiger partial charge in [-0.3, -0.25) is 9.59 Å². The highest BCUT2D eigenvalue weighted by Crippen LogP contribution is 2.36. The molecule has 0 spiro atoms. The van der Waals surface area contributed by atoms with E-state index in [1.165, 1.54) is 12.1 Å². The Kier molecular flexibility index (Phi) is 2.60. The zero-order valence-electron chi connectivity index (χ0n) is 11.9. The first kappa shape index (κ1) is 13.3. The number of carbonyl (C=O) groups is 2. The van der Waals surface area contributed by atoms with Crippen LogP contribution in [-0.4, -0.2) is 16.6 Å². The Morgan fingerprint density at radius 3 is 2.48 bits per heavy atom. The average molecular weight is 280 g/mol. The van der Waals surface area contributed by atoms with Crippen molar-refractivity contribution >= 4 is 11.6 Å². The summed E-state index contributed by atoms with van der Waals surface area (Å²) in [6.07, 6.45) is 0. The molecule has 5 nitrogen and oxygen atoms in total. The van der Waals surface area contributed by atoms with Crippen molar-refractivity contribution in [3.05, 3.63) is 41.0 Å². The second-order valence-electron chi connectivity index (χ2n) is 5.98. The smallest absolute Gasteiger partial charge is 0.271 e. The molecule has 0 saturated carbocycles. The van der Waals surface area contributed by atoms with E-state index in [2.05, 4.69) is 4.98 Å². The zero-order chi connectivity index (χ0) is 15.4. The summed E-state index contributed by atoms with van der Waals surface area (Å²) in [5.41, 5.74) is 1.11. The van der Waals surface area contributed by atoms with Crippen LogP contribution in [0.4, 0.5) is 0 Å². The van der Waals surface area contributed by atoms with Gasteiger partial charge in [0.2, 0.25) is 17.4 Å². The van der Waals surface area contributed by atoms with E-state index in [-0.39, 0.29) is 16.7 Å². The van der Waals surface area contributed by atoms with Crippen LogP contribution in [0, 0.1) is 11.3 Å². The van der Waals surface area contributed by atoms with Gasteiger partial charge in [0.05, 0.1) is 11.6 Å². The van der Waals surface area contributed by atoms with Gasteiger partial charge >= 0.3 is 0 Å². The highest BCUT2D eigenvalue weighted by atomic mass is 16.4. The van der Waals surface area contributed by atoms with E-state index in [0.29, 0.717) is 22.7 Å². The minimum Gasteiger partial charge on any atom is -0.436 e. The summed E-state index contributed by atoms with van der Waals surface area (Å²) in [5, 5.41) is 8.99. The number of ketones is 2. The summed E-state index contributed by atoms with van der Waals surface area (Å²) < 4.78 is 5.52. The van der Waals surface area contributed by atoms with Crippen molar-refractivity contribution in [3.8, 4) is 17.3 Å². The SMILES string of the molecule is CC(C)(C)c1nc2c(o1)C(=O)C(=O)c1ccc(C#N)cc1-2. The van der Waals surface area contributed by atoms with Crippen LogP contribution in [0.25, 0.3) is 11.3 Å². The summed E-state index contributed by atoms with van der Waals surface area (Å²) in [7, 11) is 0. The van der Waals surface area contributed by atoms with Crippen LogP contribution in [-0.2, 0) is 5.41 Å². The molecule has 1 aliphatic carbocycles. The van der Waals surface area contributed by atoms with Gasteiger partial charge in [-0.2, -0.15) is 5.26 Å². The Balaban J connectivity index is 2.32. The lowest BCUT2D eigenvalue weighted by atomic mass is 9.89. The third-order valence-corrected chi connectivity index (χ3v) is 3.33. The van der Waals surface area contributed by atoms with Gasteiger partial charge in [-0.1, -0.05) is 20.8 Å². The summed E-state index contributed by atoms with van der Waals surface area (Å²) >= 11 is 0. The van der Waals surface area contributed by atoms with Crippen molar-refractivity contribution < 1.29 is 14.0 Å². The van der Waals surface area contributed by atoms with Gasteiger partial charge in [-0.25, -0.2) is 4.98 Å². The van der Waals surface area contributed by atoms with Crippen molar-refractivity contribution in [2.24, 2.45) is 0 Å². The highest BCUT2D eigenvalue weighted by molar-refractivity contribution is 6.52. The van der Waals surface area contributed by atoms with Crippen LogP contribution in [0.2, 0.25) is 0 Å². The number of hydrogen-bond acceptors (Lipinski definition) is 5. The second-order valence-corrected chi connectivity index (χ2v) is 5.98. The summed E-state index contributed by atoms with van der Waals surface area (Å²) in [6, 6.07) is 6.58. The molecule has 0 aliphatic heterocycles. The minimum absolute atomic E-state index is 0.0347. The fourth-order valence-electron chi connectivity index (χ4n) is 2.21. The second kappa shape index (κ2) is 4.13. The van der Waals surface area contributed by atoms with Crippen LogP contribution >= 0.6 is 0 Å². The zero-order valence-corrected chi connectivity index (χ0v) is 11.9. The lowest BCUT2D eigenvalue weighted by molar-refractivity contribution is 0.0797. The Morgan fingerprint density at radius 1 is 1.14 bits per heavy atom. The highest BCUT2D eigenvalue weighted by Gasteiger charge is 2.37. The van der Waals surface area contributed by atoms with Crippen molar-refractivity contribution in [1.82, 2.24) is 4.98 Å². The van der Waals surface area contributed by atoms with E-state index in [4.69, 9.17) is 9.68 Å². The molecule has 0 radical (unpaired) electrons. The largest absolute Gasteiger partial charge is 0.436 e. The number of Topliss-reactive ketones (excluding diaryl/α,β-unsaturated/α-hetero) is 2. The Labute approximate surface area is 121 Å². The number of hydrogen-bond donors (Lipinski definition) is 0. The molecule has 21 heavy (non-hydrogen) atoms. The van der Waals surface area contributed by atoms with Gasteiger partial charge in [0.25, 0.3) is 5.78 Å². The number of benzene rings is 1. The van der Waals surface area contributed by atoms with E-state index in [9.17, 15) is 9.59 Å². The molecular weight excluding hydrogens is 268 g/mol. The molecule has 0 amide bonds. The van der Waals surface area contributed by atoms with Crippen molar-refractivity contribution in [3.63, 3.8) is 0 Å². The Morgan fingerprint density at radius 2 is 1.86 bits per heavy atom. The van der Waals surface area contributed by atoms with Crippen molar-refractivity contribution in [2.75, 3.05) is 0 Å². The molecule has 3 rings (SSSR count). The predicted octanol–water partition coefficient (Wildman–Crippen LogP) is 2.89. The number of carbonyl (C=O) groups excluding carboxylic acids is 2. The minimum atomic E-state index is -0.690. The molecule has 1 aromatic carbocycles. The predicted molar refractivity (Wildman–Crippen MR) is 74.0 cm³/mol. The van der Waals surface area contributed by atoms with Gasteiger partial charge in [0.1, 0.15) is 5.69 Å². The Hall–Kier alpha value is -2.74. The van der Waals surface area contributed by atoms with Crippen LogP contribution < -0.4 is 0 Å². The topological polar surface area (TPSA) is 84.0 Å². The molecule has 0 N–H and O–H groups in total. The van der Waals surface area contributed by atoms with Crippen molar-refractivity contribution in [1.29, 1.82) is 5.26 Å². The molecule has 1 aromatic heterocycles. The van der Waals surface area contributed by atoms with Crippen LogP contribution in [0.3, 0.4) is 0 Å². The van der Waals surface area contributed by atoms with Crippen LogP contribution in [0.5, 0.6) is 0 Å². The fraction of sp³-hybridized carbons (Fsp3) is 0.250. The summed E-state index contributed by atoms with van der Waals surface area (Å²) in [6.45, 7) is 5.72. The molecular formula is C16H12N2O3. The van der Waals surface area contributed by atoms with Crippen LogP contribution in [0.1, 0.15) is 53.1 Å². The maximum atomic E-state index is 12.1. The van der Waals surface area contributed by atoms with E-state index in [1.807, 2.05) is 26.8 Å². The van der Waals surface area contributed by atoms with Gasteiger partial charge in [0, 0.05) is 16.5 Å². The average Bonchev–Trinajstić information content (AvgIpc) is 2.89. The summed E-state index contributed by atoms with van der Waals surface area (Å²) in [5.74, 6) is -0.958. The first-order valence-electron chi connectivity index (χ1n) is 6.48. The first-order chi connectivity index (χ1) is 9.82. The fourth-order valence-corrected chi connectivity index (χ4v) is 2.21. The number of aromatic nitrogens is 1. The number of rotatable bonds is 0. The summed E-state index contributed by atoms with van der Waals surface area (Å²) in [4.78, 5) is 28.6. The molecule has 104 valence electrons. The molecule has 0 unspecified atom stereocenters. The van der Waals surface area contributed by atoms with Gasteiger partial charge < -0.3 is 4.42 Å². The molecule has 0 atom stereocenters. The standard InChI is InChI=1S/C16H12N2O3/c1-16(2,3)15-18-11-10-6-8(7-17)4-5-9(10)12(19)13(20)14(11)21-15/h4-6H,1-3H3. The van der Waals surface area contributed by atoms with E-state index < -0.39 is 11.6 Å². The number of oxazole rings is 1. The molecule has 0 bridgehead atoms. The molecule has 2 aromatic rings. The maximum Gasteiger partial charge on any atom is 0.271 e. The number of nitriles is 1. The van der Waals surface area contributed by atoms with Gasteiger partial charge in [-0.05, 0) is 18.2 Å². The lowest BCUT2D eigenvalue weighted by Gasteiger charge is -2.11. The van der Waals surface area contributed by atoms with Gasteiger partial charge in [-0.15, -0.1) is 0 Å². The maximum absolute atomic E-state index is 12.1. The molecule has 0 saturated heterocycles. The molecule has 0 fully saturated rings. The third kappa shape index (κ3) is 1.88. The number of fused-ring (bicyclic) bond motifs is 3. The number of nitrogens with zero attached hydrogens (tertiary/aromatic N) is 2. The van der Waals surface area contributed by atoms with Gasteiger partial charge in [0.15, 0.2) is 0 Å². The Bertz CT molecular complexity index is 832. The first-order valence-corrected chi connectivity index (χ1v) is 6.48. The van der Waals surface area contributed by atoms with Crippen LogP contribution in [0.15, 0.2) is 22.6 Å². The molecule has 1 heterocycles. The monoisotopic (exact) mass is 280 g/mol. The third-order valence-electron chi connectivity index (χ3n) is 3.33. The quantitative estimate of drug-likeness (QED) is 0.693. The molecule has 5 heteroatoms. The van der Waals surface area contributed by atoms with E-state index in [1.54, 1.807) is 6.07 Å². The van der Waals surface area contributed by atoms with Crippen molar-refractivity contribution in [2.45, 2.75) is 26.2 Å². The van der Waals surface area contributed by atoms with E-state index in [0.717, 1.165) is 0 Å².